The van der Waals surface area contributed by atoms with Gasteiger partial charge >= 0.3 is 0 Å². The van der Waals surface area contributed by atoms with Crippen LogP contribution in [0.2, 0.25) is 0 Å². The van der Waals surface area contributed by atoms with E-state index in [2.05, 4.69) is 25.9 Å². The van der Waals surface area contributed by atoms with Crippen LogP contribution in [0, 0.1) is 6.92 Å². The predicted molar refractivity (Wildman–Crippen MR) is 65.4 cm³/mol. The molecule has 0 saturated carbocycles. The molecule has 0 unspecified atom stereocenters. The summed E-state index contributed by atoms with van der Waals surface area (Å²) in [4.78, 5) is 8.14. The van der Waals surface area contributed by atoms with E-state index in [1.165, 1.54) is 0 Å². The molecule has 0 fully saturated rings. The molecule has 1 aromatic heterocycles. The summed E-state index contributed by atoms with van der Waals surface area (Å²) in [5.74, 6) is 1.80. The second kappa shape index (κ2) is 4.49. The number of anilines is 1. The van der Waals surface area contributed by atoms with Gasteiger partial charge in [-0.2, -0.15) is 4.98 Å². The van der Waals surface area contributed by atoms with Crippen LogP contribution in [0.5, 0.6) is 11.6 Å². The number of nitrogen functional groups attached to an aromatic ring is 1. The van der Waals surface area contributed by atoms with Gasteiger partial charge in [-0.15, -0.1) is 0 Å². The monoisotopic (exact) mass is 279 g/mol. The fourth-order valence-corrected chi connectivity index (χ4v) is 1.56. The Kier molecular flexibility index (Phi) is 3.05. The van der Waals surface area contributed by atoms with E-state index in [0.29, 0.717) is 23.1 Å². The van der Waals surface area contributed by atoms with Crippen molar-refractivity contribution in [3.63, 3.8) is 0 Å². The molecule has 5 heteroatoms. The van der Waals surface area contributed by atoms with Crippen molar-refractivity contribution >= 4 is 21.6 Å². The first-order valence-corrected chi connectivity index (χ1v) is 5.47. The van der Waals surface area contributed by atoms with E-state index in [0.717, 1.165) is 4.47 Å². The molecule has 0 radical (unpaired) electrons. The minimum Gasteiger partial charge on any atom is -0.438 e. The van der Waals surface area contributed by atoms with Crippen molar-refractivity contribution in [2.75, 3.05) is 5.73 Å². The highest BCUT2D eigenvalue weighted by Crippen LogP contribution is 2.32. The average Bonchev–Trinajstić information content (AvgIpc) is 2.25. The molecule has 0 spiro atoms. The summed E-state index contributed by atoms with van der Waals surface area (Å²) in [5, 5.41) is 0. The number of nitrogens with zero attached hydrogens (tertiary/aromatic N) is 2. The third-order valence-electron chi connectivity index (χ3n) is 1.96. The van der Waals surface area contributed by atoms with Gasteiger partial charge in [-0.25, -0.2) is 4.98 Å². The molecule has 0 atom stereocenters. The average molecular weight is 280 g/mol. The number of benzene rings is 1. The van der Waals surface area contributed by atoms with Crippen LogP contribution in [0.1, 0.15) is 5.82 Å². The van der Waals surface area contributed by atoms with E-state index in [9.17, 15) is 0 Å². The lowest BCUT2D eigenvalue weighted by Crippen LogP contribution is -1.94. The Hall–Kier alpha value is -1.62. The normalized spacial score (nSPS) is 10.1. The Bertz CT molecular complexity index is 516. The van der Waals surface area contributed by atoms with E-state index >= 15 is 0 Å². The molecule has 2 N–H and O–H groups in total. The topological polar surface area (TPSA) is 61.0 Å². The maximum absolute atomic E-state index is 5.74. The molecule has 2 aromatic rings. The first kappa shape index (κ1) is 10.9. The Balaban J connectivity index is 2.31. The molecule has 0 aliphatic rings. The number of aryl methyl sites for hydroxylation is 1. The molecular formula is C11H10BrN3O. The van der Waals surface area contributed by atoms with Gasteiger partial charge in [-0.1, -0.05) is 6.07 Å². The fourth-order valence-electron chi connectivity index (χ4n) is 1.21. The van der Waals surface area contributed by atoms with Crippen molar-refractivity contribution < 1.29 is 4.74 Å². The molecular weight excluding hydrogens is 270 g/mol. The molecule has 4 nitrogen and oxygen atoms in total. The smallest absolute Gasteiger partial charge is 0.222 e. The largest absolute Gasteiger partial charge is 0.438 e. The molecule has 0 aliphatic carbocycles. The lowest BCUT2D eigenvalue weighted by molar-refractivity contribution is 0.457. The van der Waals surface area contributed by atoms with Crippen LogP contribution in [-0.2, 0) is 0 Å². The predicted octanol–water partition coefficient (Wildman–Crippen LogP) is 2.92. The molecule has 1 aromatic carbocycles. The lowest BCUT2D eigenvalue weighted by atomic mass is 10.3. The summed E-state index contributed by atoms with van der Waals surface area (Å²) in [6.07, 6.45) is 1.65. The standard InChI is InChI=1S/C11H10BrN3O/c1-7-14-6-5-10(15-7)16-9-4-2-3-8(13)11(9)12/h2-6H,13H2,1H3. The zero-order valence-corrected chi connectivity index (χ0v) is 10.2. The highest BCUT2D eigenvalue weighted by atomic mass is 79.9. The van der Waals surface area contributed by atoms with Gasteiger partial charge in [0.05, 0.1) is 4.47 Å². The number of halogens is 1. The van der Waals surface area contributed by atoms with E-state index in [1.54, 1.807) is 25.3 Å². The summed E-state index contributed by atoms with van der Waals surface area (Å²) in [6.45, 7) is 1.81. The number of hydrogen-bond acceptors (Lipinski definition) is 4. The summed E-state index contributed by atoms with van der Waals surface area (Å²) in [5.41, 5.74) is 6.37. The van der Waals surface area contributed by atoms with Gasteiger partial charge in [0.15, 0.2) is 0 Å². The molecule has 0 aliphatic heterocycles. The van der Waals surface area contributed by atoms with Gasteiger partial charge in [0.2, 0.25) is 5.88 Å². The zero-order valence-electron chi connectivity index (χ0n) is 8.64. The second-order valence-corrected chi connectivity index (χ2v) is 4.00. The van der Waals surface area contributed by atoms with Crippen LogP contribution in [0.15, 0.2) is 34.9 Å². The molecule has 16 heavy (non-hydrogen) atoms. The minimum atomic E-state index is 0.499. The van der Waals surface area contributed by atoms with Crippen molar-refractivity contribution in [1.82, 2.24) is 9.97 Å². The first-order chi connectivity index (χ1) is 7.66. The van der Waals surface area contributed by atoms with E-state index in [4.69, 9.17) is 10.5 Å². The van der Waals surface area contributed by atoms with Gasteiger partial charge in [0.25, 0.3) is 0 Å². The molecule has 2 rings (SSSR count). The number of aromatic nitrogens is 2. The van der Waals surface area contributed by atoms with Crippen LogP contribution in [0.3, 0.4) is 0 Å². The fraction of sp³-hybridized carbons (Fsp3) is 0.0909. The van der Waals surface area contributed by atoms with E-state index in [-0.39, 0.29) is 0 Å². The van der Waals surface area contributed by atoms with Crippen LogP contribution < -0.4 is 10.5 Å². The van der Waals surface area contributed by atoms with Gasteiger partial charge in [-0.3, -0.25) is 0 Å². The quantitative estimate of drug-likeness (QED) is 0.859. The van der Waals surface area contributed by atoms with Crippen molar-refractivity contribution in [2.24, 2.45) is 0 Å². The highest BCUT2D eigenvalue weighted by Gasteiger charge is 2.06. The van der Waals surface area contributed by atoms with E-state index < -0.39 is 0 Å². The van der Waals surface area contributed by atoms with Gasteiger partial charge in [0.1, 0.15) is 11.6 Å². The summed E-state index contributed by atoms with van der Waals surface area (Å²) < 4.78 is 6.32. The summed E-state index contributed by atoms with van der Waals surface area (Å²) in [6, 6.07) is 7.13. The van der Waals surface area contributed by atoms with Crippen LogP contribution in [0.4, 0.5) is 5.69 Å². The van der Waals surface area contributed by atoms with Gasteiger partial charge in [0, 0.05) is 18.0 Å². The Labute approximate surface area is 102 Å². The van der Waals surface area contributed by atoms with Gasteiger partial charge < -0.3 is 10.5 Å². The Morgan fingerprint density at radius 3 is 2.88 bits per heavy atom. The van der Waals surface area contributed by atoms with Crippen LogP contribution in [-0.4, -0.2) is 9.97 Å². The molecule has 82 valence electrons. The summed E-state index contributed by atoms with van der Waals surface area (Å²) in [7, 11) is 0. The van der Waals surface area contributed by atoms with Crippen molar-refractivity contribution in [2.45, 2.75) is 6.92 Å². The maximum Gasteiger partial charge on any atom is 0.222 e. The maximum atomic E-state index is 5.74. The Morgan fingerprint density at radius 2 is 2.12 bits per heavy atom. The molecule has 0 bridgehead atoms. The second-order valence-electron chi connectivity index (χ2n) is 3.20. The van der Waals surface area contributed by atoms with E-state index in [1.807, 2.05) is 12.1 Å². The van der Waals surface area contributed by atoms with Crippen molar-refractivity contribution in [3.05, 3.63) is 40.8 Å². The number of hydrogen-bond donors (Lipinski definition) is 1. The number of ether oxygens (including phenoxy) is 1. The minimum absolute atomic E-state index is 0.499. The number of nitrogens with two attached hydrogens (primary N) is 1. The lowest BCUT2D eigenvalue weighted by Gasteiger charge is -2.08. The SMILES string of the molecule is Cc1nccc(Oc2cccc(N)c2Br)n1. The summed E-state index contributed by atoms with van der Waals surface area (Å²) >= 11 is 3.36. The molecule has 1 heterocycles. The third-order valence-corrected chi connectivity index (χ3v) is 2.81. The number of rotatable bonds is 2. The zero-order chi connectivity index (χ0) is 11.5. The first-order valence-electron chi connectivity index (χ1n) is 4.68. The highest BCUT2D eigenvalue weighted by molar-refractivity contribution is 9.10. The van der Waals surface area contributed by atoms with Gasteiger partial charge in [-0.05, 0) is 35.0 Å². The molecule has 0 amide bonds. The molecule has 0 saturated heterocycles. The van der Waals surface area contributed by atoms with Crippen LogP contribution in [0.25, 0.3) is 0 Å². The Morgan fingerprint density at radius 1 is 1.31 bits per heavy atom. The third kappa shape index (κ3) is 2.30. The van der Waals surface area contributed by atoms with Crippen LogP contribution >= 0.6 is 15.9 Å². The van der Waals surface area contributed by atoms with Crippen molar-refractivity contribution in [1.29, 1.82) is 0 Å². The van der Waals surface area contributed by atoms with Crippen molar-refractivity contribution in [3.8, 4) is 11.6 Å².